The number of likely N-dealkylation sites (tertiary alicyclic amines) is 1. The van der Waals surface area contributed by atoms with Crippen LogP contribution in [0.15, 0.2) is 18.2 Å². The highest BCUT2D eigenvalue weighted by Gasteiger charge is 2.37. The van der Waals surface area contributed by atoms with E-state index in [4.69, 9.17) is 4.74 Å². The molecule has 1 atom stereocenters. The van der Waals surface area contributed by atoms with Gasteiger partial charge in [-0.05, 0) is 48.3 Å². The molecule has 2 amide bonds. The maximum atomic E-state index is 12.2. The van der Waals surface area contributed by atoms with Crippen molar-refractivity contribution in [2.24, 2.45) is 11.8 Å². The number of carbonyl (C=O) groups excluding carboxylic acids is 2. The SMILES string of the molecule is O=C1Cc2cc(CCCC(=O)N3CC(C4CCOC4)C3)ccc2N1. The van der Waals surface area contributed by atoms with Crippen LogP contribution in [0.25, 0.3) is 0 Å². The quantitative estimate of drug-likeness (QED) is 0.899. The largest absolute Gasteiger partial charge is 0.381 e. The monoisotopic (exact) mass is 328 g/mol. The zero-order valence-electron chi connectivity index (χ0n) is 13.9. The highest BCUT2D eigenvalue weighted by molar-refractivity contribution is 5.99. The Bertz CT molecular complexity index is 646. The third-order valence-corrected chi connectivity index (χ3v) is 5.54. The first-order chi connectivity index (χ1) is 11.7. The van der Waals surface area contributed by atoms with Crippen molar-refractivity contribution in [1.29, 1.82) is 0 Å². The van der Waals surface area contributed by atoms with Crippen molar-refractivity contribution in [1.82, 2.24) is 4.90 Å². The average Bonchev–Trinajstić information content (AvgIpc) is 3.14. The van der Waals surface area contributed by atoms with E-state index in [0.29, 0.717) is 24.7 Å². The van der Waals surface area contributed by atoms with Gasteiger partial charge in [0.05, 0.1) is 6.42 Å². The van der Waals surface area contributed by atoms with Gasteiger partial charge in [-0.25, -0.2) is 0 Å². The highest BCUT2D eigenvalue weighted by atomic mass is 16.5. The van der Waals surface area contributed by atoms with Crippen molar-refractivity contribution in [3.8, 4) is 0 Å². The summed E-state index contributed by atoms with van der Waals surface area (Å²) in [5.41, 5.74) is 3.22. The number of rotatable bonds is 5. The van der Waals surface area contributed by atoms with E-state index >= 15 is 0 Å². The number of nitrogens with zero attached hydrogens (tertiary/aromatic N) is 1. The minimum atomic E-state index is 0.0670. The number of fused-ring (bicyclic) bond motifs is 1. The fourth-order valence-corrected chi connectivity index (χ4v) is 3.98. The Labute approximate surface area is 142 Å². The molecule has 2 saturated heterocycles. The van der Waals surface area contributed by atoms with Crippen LogP contribution >= 0.6 is 0 Å². The number of ether oxygens (including phenoxy) is 1. The van der Waals surface area contributed by atoms with Gasteiger partial charge in [0.1, 0.15) is 0 Å². The van der Waals surface area contributed by atoms with E-state index in [-0.39, 0.29) is 11.8 Å². The van der Waals surface area contributed by atoms with Crippen LogP contribution in [0.3, 0.4) is 0 Å². The fraction of sp³-hybridized carbons (Fsp3) is 0.579. The summed E-state index contributed by atoms with van der Waals surface area (Å²) in [5.74, 6) is 1.66. The van der Waals surface area contributed by atoms with Crippen molar-refractivity contribution in [3.63, 3.8) is 0 Å². The lowest BCUT2D eigenvalue weighted by Crippen LogP contribution is -2.52. The van der Waals surface area contributed by atoms with Crippen LogP contribution in [0.1, 0.15) is 30.4 Å². The van der Waals surface area contributed by atoms with E-state index in [2.05, 4.69) is 17.4 Å². The summed E-state index contributed by atoms with van der Waals surface area (Å²) in [6.45, 7) is 3.60. The number of benzene rings is 1. The number of aryl methyl sites for hydroxylation is 1. The number of nitrogens with one attached hydrogen (secondary N) is 1. The fourth-order valence-electron chi connectivity index (χ4n) is 3.98. The summed E-state index contributed by atoms with van der Waals surface area (Å²) in [6.07, 6.45) is 4.00. The molecule has 3 heterocycles. The topological polar surface area (TPSA) is 58.6 Å². The second-order valence-electron chi connectivity index (χ2n) is 7.25. The Balaban J connectivity index is 1.20. The van der Waals surface area contributed by atoms with E-state index in [0.717, 1.165) is 56.8 Å². The Morgan fingerprint density at radius 1 is 1.29 bits per heavy atom. The van der Waals surface area contributed by atoms with Gasteiger partial charge in [-0.3, -0.25) is 9.59 Å². The first-order valence-electron chi connectivity index (χ1n) is 8.96. The van der Waals surface area contributed by atoms with Crippen LogP contribution in [0, 0.1) is 11.8 Å². The first kappa shape index (κ1) is 15.6. The third kappa shape index (κ3) is 3.18. The summed E-state index contributed by atoms with van der Waals surface area (Å²) < 4.78 is 5.43. The maximum Gasteiger partial charge on any atom is 0.228 e. The molecule has 0 radical (unpaired) electrons. The number of hydrogen-bond donors (Lipinski definition) is 1. The van der Waals surface area contributed by atoms with Crippen molar-refractivity contribution in [2.45, 2.75) is 32.1 Å². The molecule has 0 aliphatic carbocycles. The Morgan fingerprint density at radius 2 is 2.17 bits per heavy atom. The van der Waals surface area contributed by atoms with Crippen LogP contribution in [-0.4, -0.2) is 43.0 Å². The molecule has 5 nitrogen and oxygen atoms in total. The van der Waals surface area contributed by atoms with Crippen LogP contribution < -0.4 is 5.32 Å². The summed E-state index contributed by atoms with van der Waals surface area (Å²) in [5, 5.41) is 2.85. The molecule has 0 aromatic heterocycles. The number of amides is 2. The molecule has 128 valence electrons. The van der Waals surface area contributed by atoms with E-state index < -0.39 is 0 Å². The Hall–Kier alpha value is -1.88. The average molecular weight is 328 g/mol. The lowest BCUT2D eigenvalue weighted by molar-refractivity contribution is -0.139. The molecule has 5 heteroatoms. The van der Waals surface area contributed by atoms with Crippen LogP contribution in [0.2, 0.25) is 0 Å². The zero-order chi connectivity index (χ0) is 16.5. The zero-order valence-corrected chi connectivity index (χ0v) is 13.9. The van der Waals surface area contributed by atoms with Gasteiger partial charge in [0.2, 0.25) is 11.8 Å². The molecule has 1 aromatic rings. The Kier molecular flexibility index (Phi) is 4.27. The van der Waals surface area contributed by atoms with E-state index in [1.165, 1.54) is 5.56 Å². The van der Waals surface area contributed by atoms with E-state index in [9.17, 15) is 9.59 Å². The summed E-state index contributed by atoms with van der Waals surface area (Å²) in [4.78, 5) is 25.6. The molecule has 24 heavy (non-hydrogen) atoms. The lowest BCUT2D eigenvalue weighted by Gasteiger charge is -2.42. The van der Waals surface area contributed by atoms with E-state index in [1.807, 2.05) is 11.0 Å². The number of anilines is 1. The van der Waals surface area contributed by atoms with E-state index in [1.54, 1.807) is 0 Å². The molecule has 1 aromatic carbocycles. The van der Waals surface area contributed by atoms with Gasteiger partial charge in [0.15, 0.2) is 0 Å². The Morgan fingerprint density at radius 3 is 2.96 bits per heavy atom. The predicted octanol–water partition coefficient (Wildman–Crippen LogP) is 2.00. The van der Waals surface area contributed by atoms with Crippen molar-refractivity contribution in [2.75, 3.05) is 31.6 Å². The maximum absolute atomic E-state index is 12.2. The molecule has 3 aliphatic rings. The van der Waals surface area contributed by atoms with Crippen LogP contribution in [0.4, 0.5) is 5.69 Å². The second-order valence-corrected chi connectivity index (χ2v) is 7.25. The molecule has 1 N–H and O–H groups in total. The molecule has 4 rings (SSSR count). The molecule has 0 saturated carbocycles. The molecular weight excluding hydrogens is 304 g/mol. The minimum absolute atomic E-state index is 0.0670. The van der Waals surface area contributed by atoms with Crippen molar-refractivity contribution in [3.05, 3.63) is 29.3 Å². The number of hydrogen-bond acceptors (Lipinski definition) is 3. The van der Waals surface area contributed by atoms with Crippen LogP contribution in [0.5, 0.6) is 0 Å². The van der Waals surface area contributed by atoms with Gasteiger partial charge >= 0.3 is 0 Å². The van der Waals surface area contributed by atoms with Gasteiger partial charge < -0.3 is 15.0 Å². The van der Waals surface area contributed by atoms with Gasteiger partial charge in [0, 0.05) is 38.4 Å². The molecule has 2 fully saturated rings. The second kappa shape index (κ2) is 6.55. The molecular formula is C19H24N2O3. The van der Waals surface area contributed by atoms with Crippen LogP contribution in [-0.2, 0) is 27.2 Å². The van der Waals surface area contributed by atoms with Crippen molar-refractivity contribution >= 4 is 17.5 Å². The molecule has 0 spiro atoms. The summed E-state index contributed by atoms with van der Waals surface area (Å²) in [6, 6.07) is 6.12. The third-order valence-electron chi connectivity index (χ3n) is 5.54. The van der Waals surface area contributed by atoms with Gasteiger partial charge in [-0.1, -0.05) is 12.1 Å². The highest BCUT2D eigenvalue weighted by Crippen LogP contribution is 2.30. The smallest absolute Gasteiger partial charge is 0.228 e. The number of carbonyl (C=O) groups is 2. The standard InChI is InChI=1S/C19H24N2O3/c22-18-9-15-8-13(4-5-17(15)20-18)2-1-3-19(23)21-10-16(11-21)14-6-7-24-12-14/h4-5,8,14,16H,1-3,6-7,9-12H2,(H,20,22). The molecule has 0 bridgehead atoms. The molecule has 1 unspecified atom stereocenters. The van der Waals surface area contributed by atoms with Crippen molar-refractivity contribution < 1.29 is 14.3 Å². The van der Waals surface area contributed by atoms with Gasteiger partial charge in [-0.2, -0.15) is 0 Å². The first-order valence-corrected chi connectivity index (χ1v) is 8.96. The lowest BCUT2D eigenvalue weighted by atomic mass is 9.85. The summed E-state index contributed by atoms with van der Waals surface area (Å²) in [7, 11) is 0. The normalized spacial score (nSPS) is 23.1. The summed E-state index contributed by atoms with van der Waals surface area (Å²) >= 11 is 0. The van der Waals surface area contributed by atoms with Gasteiger partial charge in [-0.15, -0.1) is 0 Å². The minimum Gasteiger partial charge on any atom is -0.381 e. The molecule has 3 aliphatic heterocycles. The predicted molar refractivity (Wildman–Crippen MR) is 90.7 cm³/mol. The van der Waals surface area contributed by atoms with Gasteiger partial charge in [0.25, 0.3) is 0 Å².